The van der Waals surface area contributed by atoms with Crippen LogP contribution in [0.3, 0.4) is 0 Å². The van der Waals surface area contributed by atoms with E-state index in [4.69, 9.17) is 23.2 Å². The lowest BCUT2D eigenvalue weighted by Gasteiger charge is -2.18. The maximum absolute atomic E-state index is 12.1. The van der Waals surface area contributed by atoms with E-state index in [1.807, 2.05) is 0 Å². The third-order valence-electron chi connectivity index (χ3n) is 3.70. The summed E-state index contributed by atoms with van der Waals surface area (Å²) in [6.45, 7) is 1.14. The Morgan fingerprint density at radius 3 is 2.74 bits per heavy atom. The number of phenols is 1. The number of carbonyl (C=O) groups excluding carboxylic acids is 1. The zero-order chi connectivity index (χ0) is 17.2. The number of aromatic hydroxyl groups is 1. The Balaban J connectivity index is 1.99. The van der Waals surface area contributed by atoms with Crippen molar-refractivity contribution in [2.24, 2.45) is 0 Å². The van der Waals surface area contributed by atoms with E-state index in [0.29, 0.717) is 30.1 Å². The first-order chi connectivity index (χ1) is 10.7. The Morgan fingerprint density at radius 1 is 1.39 bits per heavy atom. The molecule has 0 spiro atoms. The minimum atomic E-state index is -3.22. The van der Waals surface area contributed by atoms with Crippen LogP contribution in [0.2, 0.25) is 10.0 Å². The van der Waals surface area contributed by atoms with Gasteiger partial charge in [-0.15, -0.1) is 0 Å². The van der Waals surface area contributed by atoms with Gasteiger partial charge >= 0.3 is 0 Å². The quantitative estimate of drug-likeness (QED) is 0.738. The van der Waals surface area contributed by atoms with Crippen molar-refractivity contribution >= 4 is 39.1 Å². The molecule has 0 radical (unpaired) electrons. The van der Waals surface area contributed by atoms with Crippen molar-refractivity contribution in [2.75, 3.05) is 25.9 Å². The predicted octanol–water partition coefficient (Wildman–Crippen LogP) is 1.95. The van der Waals surface area contributed by atoms with Crippen LogP contribution < -0.4 is 4.72 Å². The lowest BCUT2D eigenvalue weighted by Crippen LogP contribution is -2.30. The van der Waals surface area contributed by atoms with Gasteiger partial charge in [0.2, 0.25) is 15.9 Å². The number of likely N-dealkylation sites (tertiary alicyclic amines) is 1. The summed E-state index contributed by atoms with van der Waals surface area (Å²) in [5, 5.41) is 10.6. The molecule has 2 rings (SSSR count). The van der Waals surface area contributed by atoms with Crippen molar-refractivity contribution in [3.8, 4) is 5.75 Å². The smallest absolute Gasteiger partial charge is 0.223 e. The van der Waals surface area contributed by atoms with Crippen LogP contribution in [0.1, 0.15) is 24.3 Å². The van der Waals surface area contributed by atoms with Crippen molar-refractivity contribution in [3.63, 3.8) is 0 Å². The number of carbonyl (C=O) groups is 1. The van der Waals surface area contributed by atoms with E-state index in [1.54, 1.807) is 4.90 Å². The van der Waals surface area contributed by atoms with Gasteiger partial charge in [-0.2, -0.15) is 0 Å². The molecule has 1 fully saturated rings. The third-order valence-corrected chi connectivity index (χ3v) is 5.25. The summed E-state index contributed by atoms with van der Waals surface area (Å²) in [5.74, 6) is -0.251. The lowest BCUT2D eigenvalue weighted by molar-refractivity contribution is -0.127. The topological polar surface area (TPSA) is 86.7 Å². The first kappa shape index (κ1) is 18.3. The monoisotopic (exact) mass is 380 g/mol. The highest BCUT2D eigenvalue weighted by molar-refractivity contribution is 7.88. The molecule has 1 amide bonds. The Hall–Kier alpha value is -1.02. The Labute approximate surface area is 145 Å². The van der Waals surface area contributed by atoms with Crippen LogP contribution in [0.25, 0.3) is 0 Å². The van der Waals surface area contributed by atoms with Crippen molar-refractivity contribution in [1.82, 2.24) is 9.62 Å². The highest BCUT2D eigenvalue weighted by Gasteiger charge is 2.33. The van der Waals surface area contributed by atoms with Crippen molar-refractivity contribution in [3.05, 3.63) is 27.7 Å². The van der Waals surface area contributed by atoms with Crippen molar-refractivity contribution in [1.29, 1.82) is 0 Å². The van der Waals surface area contributed by atoms with Gasteiger partial charge in [0.05, 0.1) is 16.3 Å². The van der Waals surface area contributed by atoms with Crippen molar-refractivity contribution < 1.29 is 18.3 Å². The van der Waals surface area contributed by atoms with Crippen LogP contribution in [-0.4, -0.2) is 50.2 Å². The van der Waals surface area contributed by atoms with Crippen LogP contribution in [0.5, 0.6) is 5.75 Å². The predicted molar refractivity (Wildman–Crippen MR) is 89.5 cm³/mol. The van der Waals surface area contributed by atoms with Crippen molar-refractivity contribution in [2.45, 2.75) is 18.8 Å². The van der Waals surface area contributed by atoms with Gasteiger partial charge in [-0.25, -0.2) is 13.1 Å². The van der Waals surface area contributed by atoms with Crippen LogP contribution in [0.4, 0.5) is 0 Å². The summed E-state index contributed by atoms with van der Waals surface area (Å²) < 4.78 is 24.4. The largest absolute Gasteiger partial charge is 0.508 e. The summed E-state index contributed by atoms with van der Waals surface area (Å²) in [6, 6.07) is 2.97. The highest BCUT2D eigenvalue weighted by Crippen LogP contribution is 2.41. The molecule has 0 saturated carbocycles. The summed E-state index contributed by atoms with van der Waals surface area (Å²) in [7, 11) is -3.22. The average molecular weight is 381 g/mol. The molecule has 1 aliphatic rings. The molecular weight excluding hydrogens is 363 g/mol. The first-order valence-corrected chi connectivity index (χ1v) is 9.73. The zero-order valence-electron chi connectivity index (χ0n) is 12.6. The summed E-state index contributed by atoms with van der Waals surface area (Å²) in [4.78, 5) is 13.7. The van der Waals surface area contributed by atoms with E-state index < -0.39 is 10.0 Å². The SMILES string of the molecule is CS(=O)(=O)NCCCN1CC(c2c(O)ccc(Cl)c2Cl)CC1=O. The van der Waals surface area contributed by atoms with Gasteiger partial charge in [0.1, 0.15) is 5.75 Å². The summed E-state index contributed by atoms with van der Waals surface area (Å²) in [6.07, 6.45) is 1.85. The standard InChI is InChI=1S/C14H18Cl2N2O4S/c1-23(21,22)17-5-2-6-18-8-9(7-12(18)20)13-11(19)4-3-10(15)14(13)16/h3-4,9,17,19H,2,5-8H2,1H3. The molecule has 1 atom stereocenters. The minimum Gasteiger partial charge on any atom is -0.508 e. The molecule has 1 aromatic rings. The number of hydrogen-bond donors (Lipinski definition) is 2. The molecule has 1 heterocycles. The lowest BCUT2D eigenvalue weighted by atomic mass is 9.97. The number of hydrogen-bond acceptors (Lipinski definition) is 4. The molecule has 23 heavy (non-hydrogen) atoms. The highest BCUT2D eigenvalue weighted by atomic mass is 35.5. The molecule has 1 saturated heterocycles. The fourth-order valence-corrected chi connectivity index (χ4v) is 3.65. The molecule has 0 aliphatic carbocycles. The second-order valence-corrected chi connectivity index (χ2v) is 8.17. The Kier molecular flexibility index (Phi) is 5.78. The van der Waals surface area contributed by atoms with Crippen LogP contribution in [0, 0.1) is 0 Å². The summed E-state index contributed by atoms with van der Waals surface area (Å²) in [5.41, 5.74) is 0.490. The molecule has 1 aromatic carbocycles. The molecular formula is C14H18Cl2N2O4S. The normalized spacial score (nSPS) is 18.7. The van der Waals surface area contributed by atoms with E-state index in [-0.39, 0.29) is 35.6 Å². The van der Waals surface area contributed by atoms with Gasteiger partial charge in [-0.3, -0.25) is 4.79 Å². The van der Waals surface area contributed by atoms with Crippen LogP contribution >= 0.6 is 23.2 Å². The number of phenolic OH excluding ortho intramolecular Hbond substituents is 1. The maximum atomic E-state index is 12.1. The van der Waals surface area contributed by atoms with Gasteiger partial charge in [0.15, 0.2) is 0 Å². The van der Waals surface area contributed by atoms with E-state index in [9.17, 15) is 18.3 Å². The van der Waals surface area contributed by atoms with E-state index in [2.05, 4.69) is 4.72 Å². The van der Waals surface area contributed by atoms with Crippen LogP contribution in [-0.2, 0) is 14.8 Å². The summed E-state index contributed by atoms with van der Waals surface area (Å²) >= 11 is 12.1. The average Bonchev–Trinajstić information content (AvgIpc) is 2.80. The third kappa shape index (κ3) is 4.73. The van der Waals surface area contributed by atoms with Gasteiger partial charge in [-0.1, -0.05) is 23.2 Å². The second-order valence-electron chi connectivity index (χ2n) is 5.56. The molecule has 6 nitrogen and oxygen atoms in total. The second kappa shape index (κ2) is 7.25. The van der Waals surface area contributed by atoms with Gasteiger partial charge < -0.3 is 10.0 Å². The number of halogens is 2. The fourth-order valence-electron chi connectivity index (χ4n) is 2.65. The van der Waals surface area contributed by atoms with Gasteiger partial charge in [-0.05, 0) is 18.6 Å². The van der Waals surface area contributed by atoms with Gasteiger partial charge in [0, 0.05) is 37.5 Å². The zero-order valence-corrected chi connectivity index (χ0v) is 14.9. The molecule has 128 valence electrons. The number of rotatable bonds is 6. The van der Waals surface area contributed by atoms with Gasteiger partial charge in [0.25, 0.3) is 0 Å². The van der Waals surface area contributed by atoms with E-state index in [1.165, 1.54) is 12.1 Å². The van der Waals surface area contributed by atoms with E-state index in [0.717, 1.165) is 6.26 Å². The Morgan fingerprint density at radius 2 is 2.09 bits per heavy atom. The Bertz CT molecular complexity index is 709. The maximum Gasteiger partial charge on any atom is 0.223 e. The first-order valence-electron chi connectivity index (χ1n) is 7.08. The van der Waals surface area contributed by atoms with Crippen LogP contribution in [0.15, 0.2) is 12.1 Å². The van der Waals surface area contributed by atoms with E-state index >= 15 is 0 Å². The molecule has 1 aliphatic heterocycles. The molecule has 0 aromatic heterocycles. The molecule has 1 unspecified atom stereocenters. The minimum absolute atomic E-state index is 0.0257. The fraction of sp³-hybridized carbons (Fsp3) is 0.500. The number of amides is 1. The number of benzene rings is 1. The molecule has 0 bridgehead atoms. The number of nitrogens with one attached hydrogen (secondary N) is 1. The molecule has 2 N–H and O–H groups in total. The molecule has 9 heteroatoms. The number of nitrogens with zero attached hydrogens (tertiary/aromatic N) is 1. The number of sulfonamides is 1.